The average Bonchev–Trinajstić information content (AvgIpc) is 2.84. The van der Waals surface area contributed by atoms with Crippen molar-refractivity contribution in [2.24, 2.45) is 0 Å². The Morgan fingerprint density at radius 2 is 2.00 bits per heavy atom. The first-order valence-electron chi connectivity index (χ1n) is 7.22. The molecule has 0 saturated carbocycles. The molecule has 1 atom stereocenters. The SMILES string of the molecule is Cc1ccsc1CN(C)CC(=O)N[C@@H](C)c1ccc(Cl)cc1. The van der Waals surface area contributed by atoms with Crippen molar-refractivity contribution < 1.29 is 4.79 Å². The van der Waals surface area contributed by atoms with Crippen LogP contribution < -0.4 is 5.32 Å². The topological polar surface area (TPSA) is 32.3 Å². The predicted octanol–water partition coefficient (Wildman–Crippen LogP) is 4.02. The van der Waals surface area contributed by atoms with Crippen LogP contribution in [0.3, 0.4) is 0 Å². The van der Waals surface area contributed by atoms with Gasteiger partial charge in [0.1, 0.15) is 0 Å². The molecule has 2 aromatic rings. The molecule has 1 heterocycles. The standard InChI is InChI=1S/C17H21ClN2OS/c1-12-8-9-22-16(12)10-20(3)11-17(21)19-13(2)14-4-6-15(18)7-5-14/h4-9,13H,10-11H2,1-3H3,(H,19,21)/t13-/m0/s1. The number of halogens is 1. The maximum atomic E-state index is 12.1. The normalized spacial score (nSPS) is 12.4. The van der Waals surface area contributed by atoms with Crippen LogP contribution >= 0.6 is 22.9 Å². The van der Waals surface area contributed by atoms with E-state index in [1.165, 1.54) is 10.4 Å². The molecule has 0 aliphatic carbocycles. The Balaban J connectivity index is 1.84. The van der Waals surface area contributed by atoms with Gasteiger partial charge in [-0.15, -0.1) is 11.3 Å². The van der Waals surface area contributed by atoms with Crippen molar-refractivity contribution in [2.75, 3.05) is 13.6 Å². The van der Waals surface area contributed by atoms with Crippen LogP contribution in [0.2, 0.25) is 5.02 Å². The molecule has 0 spiro atoms. The highest BCUT2D eigenvalue weighted by Gasteiger charge is 2.12. The zero-order valence-electron chi connectivity index (χ0n) is 13.1. The Morgan fingerprint density at radius 3 is 2.59 bits per heavy atom. The number of carbonyl (C=O) groups is 1. The highest BCUT2D eigenvalue weighted by molar-refractivity contribution is 7.10. The molecule has 0 unspecified atom stereocenters. The zero-order chi connectivity index (χ0) is 16.1. The number of nitrogens with one attached hydrogen (secondary N) is 1. The van der Waals surface area contributed by atoms with Crippen molar-refractivity contribution in [2.45, 2.75) is 26.4 Å². The fourth-order valence-corrected chi connectivity index (χ4v) is 3.35. The van der Waals surface area contributed by atoms with Crippen LogP contribution in [0.1, 0.15) is 29.0 Å². The van der Waals surface area contributed by atoms with Crippen LogP contribution in [0, 0.1) is 6.92 Å². The van der Waals surface area contributed by atoms with E-state index < -0.39 is 0 Å². The number of carbonyl (C=O) groups excluding carboxylic acids is 1. The van der Waals surface area contributed by atoms with E-state index in [9.17, 15) is 4.79 Å². The van der Waals surface area contributed by atoms with Crippen molar-refractivity contribution in [3.8, 4) is 0 Å². The third-order valence-corrected chi connectivity index (χ3v) is 4.80. The quantitative estimate of drug-likeness (QED) is 0.864. The van der Waals surface area contributed by atoms with E-state index in [1.54, 1.807) is 11.3 Å². The number of aryl methyl sites for hydroxylation is 1. The summed E-state index contributed by atoms with van der Waals surface area (Å²) in [5.74, 6) is 0.0270. The van der Waals surface area contributed by atoms with Crippen molar-refractivity contribution in [1.82, 2.24) is 10.2 Å². The molecule has 0 bridgehead atoms. The Hall–Kier alpha value is -1.36. The summed E-state index contributed by atoms with van der Waals surface area (Å²) in [5.41, 5.74) is 2.33. The van der Waals surface area contributed by atoms with Gasteiger partial charge in [0, 0.05) is 16.4 Å². The van der Waals surface area contributed by atoms with E-state index in [-0.39, 0.29) is 11.9 Å². The van der Waals surface area contributed by atoms with Gasteiger partial charge in [-0.3, -0.25) is 9.69 Å². The number of hydrogen-bond donors (Lipinski definition) is 1. The summed E-state index contributed by atoms with van der Waals surface area (Å²) < 4.78 is 0. The molecule has 1 aromatic heterocycles. The first-order valence-corrected chi connectivity index (χ1v) is 8.48. The van der Waals surface area contributed by atoms with E-state index >= 15 is 0 Å². The second-order valence-corrected chi connectivity index (χ2v) is 6.98. The largest absolute Gasteiger partial charge is 0.348 e. The van der Waals surface area contributed by atoms with Gasteiger partial charge < -0.3 is 5.32 Å². The Bertz CT molecular complexity index is 624. The molecule has 1 amide bonds. The number of hydrogen-bond acceptors (Lipinski definition) is 3. The first-order chi connectivity index (χ1) is 10.5. The monoisotopic (exact) mass is 336 g/mol. The molecule has 0 fully saturated rings. The summed E-state index contributed by atoms with van der Waals surface area (Å²) in [7, 11) is 1.96. The van der Waals surface area contributed by atoms with Gasteiger partial charge in [-0.05, 0) is 55.6 Å². The van der Waals surface area contributed by atoms with Gasteiger partial charge in [-0.25, -0.2) is 0 Å². The summed E-state index contributed by atoms with van der Waals surface area (Å²) >= 11 is 7.61. The summed E-state index contributed by atoms with van der Waals surface area (Å²) in [4.78, 5) is 15.5. The van der Waals surface area contributed by atoms with Crippen LogP contribution in [-0.4, -0.2) is 24.4 Å². The van der Waals surface area contributed by atoms with Crippen molar-refractivity contribution in [3.63, 3.8) is 0 Å². The summed E-state index contributed by atoms with van der Waals surface area (Å²) in [5, 5.41) is 5.81. The molecule has 0 aliphatic heterocycles. The molecule has 5 heteroatoms. The molecule has 0 saturated heterocycles. The fourth-order valence-electron chi connectivity index (χ4n) is 2.23. The van der Waals surface area contributed by atoms with E-state index in [2.05, 4.69) is 23.7 Å². The first kappa shape index (κ1) is 17.0. The maximum absolute atomic E-state index is 12.1. The highest BCUT2D eigenvalue weighted by Crippen LogP contribution is 2.18. The van der Waals surface area contributed by atoms with E-state index in [4.69, 9.17) is 11.6 Å². The van der Waals surface area contributed by atoms with Gasteiger partial charge >= 0.3 is 0 Å². The molecule has 118 valence electrons. The van der Waals surface area contributed by atoms with Crippen LogP contribution in [0.15, 0.2) is 35.7 Å². The summed E-state index contributed by atoms with van der Waals surface area (Å²) in [6.45, 7) is 5.26. The second-order valence-electron chi connectivity index (χ2n) is 5.54. The predicted molar refractivity (Wildman–Crippen MR) is 93.4 cm³/mol. The van der Waals surface area contributed by atoms with Gasteiger partial charge in [0.2, 0.25) is 5.91 Å². The van der Waals surface area contributed by atoms with Gasteiger partial charge in [0.25, 0.3) is 0 Å². The number of rotatable bonds is 6. The average molecular weight is 337 g/mol. The van der Waals surface area contributed by atoms with Crippen LogP contribution in [0.4, 0.5) is 0 Å². The molecule has 0 radical (unpaired) electrons. The van der Waals surface area contributed by atoms with Crippen LogP contribution in [-0.2, 0) is 11.3 Å². The van der Waals surface area contributed by atoms with Gasteiger partial charge in [-0.2, -0.15) is 0 Å². The minimum absolute atomic E-state index is 0.0263. The lowest BCUT2D eigenvalue weighted by Gasteiger charge is -2.19. The number of amides is 1. The van der Waals surface area contributed by atoms with Crippen molar-refractivity contribution in [3.05, 3.63) is 56.7 Å². The molecule has 3 nitrogen and oxygen atoms in total. The van der Waals surface area contributed by atoms with Gasteiger partial charge in [-0.1, -0.05) is 23.7 Å². The lowest BCUT2D eigenvalue weighted by Crippen LogP contribution is -2.36. The van der Waals surface area contributed by atoms with Crippen molar-refractivity contribution >= 4 is 28.8 Å². The van der Waals surface area contributed by atoms with Crippen molar-refractivity contribution in [1.29, 1.82) is 0 Å². The second kappa shape index (κ2) is 7.77. The van der Waals surface area contributed by atoms with E-state index in [0.717, 1.165) is 12.1 Å². The zero-order valence-corrected chi connectivity index (χ0v) is 14.7. The number of benzene rings is 1. The molecule has 1 aromatic carbocycles. The lowest BCUT2D eigenvalue weighted by atomic mass is 10.1. The Labute approximate surface area is 140 Å². The summed E-state index contributed by atoms with van der Waals surface area (Å²) in [6, 6.07) is 9.63. The third-order valence-electron chi connectivity index (χ3n) is 3.54. The number of likely N-dealkylation sites (N-methyl/N-ethyl adjacent to an activating group) is 1. The van der Waals surface area contributed by atoms with Crippen LogP contribution in [0.5, 0.6) is 0 Å². The van der Waals surface area contributed by atoms with Gasteiger partial charge in [0.05, 0.1) is 12.6 Å². The Kier molecular flexibility index (Phi) is 6.00. The number of thiophene rings is 1. The fraction of sp³-hybridized carbons (Fsp3) is 0.353. The smallest absolute Gasteiger partial charge is 0.234 e. The van der Waals surface area contributed by atoms with Gasteiger partial charge in [0.15, 0.2) is 0 Å². The molecular formula is C17H21ClN2OS. The minimum Gasteiger partial charge on any atom is -0.348 e. The molecule has 1 N–H and O–H groups in total. The summed E-state index contributed by atoms with van der Waals surface area (Å²) in [6.07, 6.45) is 0. The maximum Gasteiger partial charge on any atom is 0.234 e. The highest BCUT2D eigenvalue weighted by atomic mass is 35.5. The lowest BCUT2D eigenvalue weighted by molar-refractivity contribution is -0.122. The molecule has 0 aliphatic rings. The third kappa shape index (κ3) is 4.83. The molecule has 22 heavy (non-hydrogen) atoms. The van der Waals surface area contributed by atoms with E-state index in [1.807, 2.05) is 43.1 Å². The number of nitrogens with zero attached hydrogens (tertiary/aromatic N) is 1. The Morgan fingerprint density at radius 1 is 1.32 bits per heavy atom. The molecular weight excluding hydrogens is 316 g/mol. The molecule has 2 rings (SSSR count). The van der Waals surface area contributed by atoms with E-state index in [0.29, 0.717) is 11.6 Å². The minimum atomic E-state index is -0.0263. The van der Waals surface area contributed by atoms with Crippen LogP contribution in [0.25, 0.3) is 0 Å².